The molecule has 1 aliphatic rings. The second kappa shape index (κ2) is 9.56. The fraction of sp³-hybridized carbons (Fsp3) is 0.192. The number of anilines is 1. The summed E-state index contributed by atoms with van der Waals surface area (Å²) in [5.74, 6) is -0.0877. The zero-order chi connectivity index (χ0) is 23.4. The minimum absolute atomic E-state index is 0.0742. The number of fused-ring (bicyclic) bond motifs is 1. The number of rotatable bonds is 7. The highest BCUT2D eigenvalue weighted by molar-refractivity contribution is 5.99. The third kappa shape index (κ3) is 4.72. The van der Waals surface area contributed by atoms with Gasteiger partial charge in [0.2, 0.25) is 5.91 Å². The van der Waals surface area contributed by atoms with E-state index in [1.807, 2.05) is 48.5 Å². The summed E-state index contributed by atoms with van der Waals surface area (Å²) in [6.07, 6.45) is 0.0742. The maximum absolute atomic E-state index is 13.1. The van der Waals surface area contributed by atoms with Crippen molar-refractivity contribution < 1.29 is 23.9 Å². The van der Waals surface area contributed by atoms with Crippen LogP contribution in [0.15, 0.2) is 72.8 Å². The predicted molar refractivity (Wildman–Crippen MR) is 123 cm³/mol. The highest BCUT2D eigenvalue weighted by Crippen LogP contribution is 2.34. The largest absolute Gasteiger partial charge is 0.497 e. The number of carbonyl (C=O) groups excluding carboxylic acids is 3. The van der Waals surface area contributed by atoms with Gasteiger partial charge in [-0.1, -0.05) is 30.3 Å². The number of carbonyl (C=O) groups is 3. The smallest absolute Gasteiger partial charge is 0.337 e. The topological polar surface area (TPSA) is 84.9 Å². The van der Waals surface area contributed by atoms with Crippen LogP contribution in [0.25, 0.3) is 0 Å². The van der Waals surface area contributed by atoms with Crippen molar-refractivity contribution in [3.63, 3.8) is 0 Å². The van der Waals surface area contributed by atoms with E-state index in [0.717, 1.165) is 11.1 Å². The normalized spacial score (nSPS) is 13.3. The molecule has 1 N–H and O–H groups in total. The Kier molecular flexibility index (Phi) is 6.40. The van der Waals surface area contributed by atoms with Crippen LogP contribution >= 0.6 is 0 Å². The fourth-order valence-corrected chi connectivity index (χ4v) is 3.96. The number of esters is 1. The molecule has 0 unspecified atom stereocenters. The predicted octanol–water partition coefficient (Wildman–Crippen LogP) is 4.21. The van der Waals surface area contributed by atoms with Gasteiger partial charge >= 0.3 is 5.97 Å². The van der Waals surface area contributed by atoms with E-state index in [1.54, 1.807) is 36.3 Å². The van der Waals surface area contributed by atoms with Crippen molar-refractivity contribution in [1.29, 1.82) is 0 Å². The van der Waals surface area contributed by atoms with Crippen LogP contribution in [0.5, 0.6) is 5.75 Å². The molecule has 7 heteroatoms. The third-order valence-corrected chi connectivity index (χ3v) is 5.69. The number of nitrogens with one attached hydrogen (secondary N) is 1. The van der Waals surface area contributed by atoms with Crippen molar-refractivity contribution >= 4 is 23.5 Å². The minimum atomic E-state index is -0.454. The molecule has 3 aromatic rings. The number of benzene rings is 3. The molecule has 0 bridgehead atoms. The molecule has 0 spiro atoms. The Hall–Kier alpha value is -4.13. The first kappa shape index (κ1) is 22.1. The Morgan fingerprint density at radius 2 is 1.67 bits per heavy atom. The van der Waals surface area contributed by atoms with E-state index < -0.39 is 12.0 Å². The molecular formula is C26H24N2O5. The molecule has 0 aromatic heterocycles. The van der Waals surface area contributed by atoms with Crippen molar-refractivity contribution in [2.45, 2.75) is 19.0 Å². The van der Waals surface area contributed by atoms with Gasteiger partial charge < -0.3 is 19.7 Å². The van der Waals surface area contributed by atoms with Crippen molar-refractivity contribution in [3.8, 4) is 5.75 Å². The Balaban J connectivity index is 1.55. The van der Waals surface area contributed by atoms with Crippen molar-refractivity contribution in [2.24, 2.45) is 0 Å². The van der Waals surface area contributed by atoms with Gasteiger partial charge in [-0.2, -0.15) is 0 Å². The lowest BCUT2D eigenvalue weighted by molar-refractivity contribution is -0.117. The van der Waals surface area contributed by atoms with Crippen LogP contribution in [0.3, 0.4) is 0 Å². The Bertz CT molecular complexity index is 1170. The number of nitrogens with zero attached hydrogens (tertiary/aromatic N) is 1. The van der Waals surface area contributed by atoms with Gasteiger partial charge in [0, 0.05) is 17.8 Å². The quantitative estimate of drug-likeness (QED) is 0.552. The molecule has 2 amide bonds. The van der Waals surface area contributed by atoms with E-state index in [4.69, 9.17) is 9.47 Å². The SMILES string of the molecule is COC(=O)c1ccc(NC(=O)C[C@@H](c2ccc(OC)cc2)N2Cc3ccccc3C2=O)cc1. The summed E-state index contributed by atoms with van der Waals surface area (Å²) in [5.41, 5.74) is 3.40. The Morgan fingerprint density at radius 3 is 2.30 bits per heavy atom. The second-order valence-corrected chi connectivity index (χ2v) is 7.70. The monoisotopic (exact) mass is 444 g/mol. The first-order valence-corrected chi connectivity index (χ1v) is 10.5. The average Bonchev–Trinajstić information content (AvgIpc) is 3.19. The third-order valence-electron chi connectivity index (χ3n) is 5.69. The molecule has 7 nitrogen and oxygen atoms in total. The number of hydrogen-bond acceptors (Lipinski definition) is 5. The molecule has 1 heterocycles. The second-order valence-electron chi connectivity index (χ2n) is 7.70. The van der Waals surface area contributed by atoms with Crippen LogP contribution < -0.4 is 10.1 Å². The molecule has 3 aromatic carbocycles. The maximum Gasteiger partial charge on any atom is 0.337 e. The first-order chi connectivity index (χ1) is 16.0. The summed E-state index contributed by atoms with van der Waals surface area (Å²) in [6.45, 7) is 0.437. The van der Waals surface area contributed by atoms with E-state index in [2.05, 4.69) is 5.32 Å². The minimum Gasteiger partial charge on any atom is -0.497 e. The lowest BCUT2D eigenvalue weighted by Gasteiger charge is -2.28. The summed E-state index contributed by atoms with van der Waals surface area (Å²) in [7, 11) is 2.90. The number of methoxy groups -OCH3 is 2. The molecule has 0 saturated heterocycles. The first-order valence-electron chi connectivity index (χ1n) is 10.5. The zero-order valence-electron chi connectivity index (χ0n) is 18.4. The Labute approximate surface area is 191 Å². The number of ether oxygens (including phenoxy) is 2. The number of amides is 2. The molecule has 1 atom stereocenters. The van der Waals surface area contributed by atoms with Gasteiger partial charge in [-0.25, -0.2) is 4.79 Å². The maximum atomic E-state index is 13.1. The molecule has 1 aliphatic heterocycles. The molecule has 4 rings (SSSR count). The van der Waals surface area contributed by atoms with Crippen molar-refractivity contribution in [3.05, 3.63) is 95.1 Å². The Morgan fingerprint density at radius 1 is 0.970 bits per heavy atom. The van der Waals surface area contributed by atoms with Gasteiger partial charge in [-0.15, -0.1) is 0 Å². The van der Waals surface area contributed by atoms with Crippen LogP contribution in [0.2, 0.25) is 0 Å². The molecule has 0 fully saturated rings. The van der Waals surface area contributed by atoms with Crippen LogP contribution in [-0.4, -0.2) is 36.9 Å². The standard InChI is InChI=1S/C26H24N2O5/c1-32-21-13-9-17(10-14-21)23(28-16-19-5-3-4-6-22(19)25(28)30)15-24(29)27-20-11-7-18(8-12-20)26(31)33-2/h3-14,23H,15-16H2,1-2H3,(H,27,29)/t23-/m0/s1. The van der Waals surface area contributed by atoms with Crippen LogP contribution in [0.4, 0.5) is 5.69 Å². The van der Waals surface area contributed by atoms with Crippen LogP contribution in [0.1, 0.15) is 44.3 Å². The lowest BCUT2D eigenvalue weighted by atomic mass is 10.0. The zero-order valence-corrected chi connectivity index (χ0v) is 18.4. The summed E-state index contributed by atoms with van der Waals surface area (Å²) < 4.78 is 9.94. The van der Waals surface area contributed by atoms with Crippen LogP contribution in [-0.2, 0) is 16.1 Å². The van der Waals surface area contributed by atoms with Crippen molar-refractivity contribution in [1.82, 2.24) is 4.90 Å². The van der Waals surface area contributed by atoms with Crippen LogP contribution in [0, 0.1) is 0 Å². The van der Waals surface area contributed by atoms with E-state index in [9.17, 15) is 14.4 Å². The average molecular weight is 444 g/mol. The van der Waals surface area contributed by atoms with Gasteiger partial charge in [0.15, 0.2) is 0 Å². The highest BCUT2D eigenvalue weighted by Gasteiger charge is 2.34. The van der Waals surface area contributed by atoms with E-state index >= 15 is 0 Å². The molecule has 168 valence electrons. The van der Waals surface area contributed by atoms with E-state index in [0.29, 0.717) is 29.1 Å². The van der Waals surface area contributed by atoms with Gasteiger partial charge in [0.25, 0.3) is 5.91 Å². The summed E-state index contributed by atoms with van der Waals surface area (Å²) in [5, 5.41) is 2.85. The molecular weight excluding hydrogens is 420 g/mol. The van der Waals surface area contributed by atoms with Gasteiger partial charge in [0.1, 0.15) is 5.75 Å². The van der Waals surface area contributed by atoms with E-state index in [-0.39, 0.29) is 18.2 Å². The van der Waals surface area contributed by atoms with Gasteiger partial charge in [-0.3, -0.25) is 9.59 Å². The van der Waals surface area contributed by atoms with Gasteiger partial charge in [0.05, 0.1) is 32.2 Å². The van der Waals surface area contributed by atoms with E-state index in [1.165, 1.54) is 7.11 Å². The molecule has 0 saturated carbocycles. The summed E-state index contributed by atoms with van der Waals surface area (Å²) in [4.78, 5) is 39.4. The lowest BCUT2D eigenvalue weighted by Crippen LogP contribution is -2.32. The highest BCUT2D eigenvalue weighted by atomic mass is 16.5. The molecule has 33 heavy (non-hydrogen) atoms. The van der Waals surface area contributed by atoms with Crippen molar-refractivity contribution in [2.75, 3.05) is 19.5 Å². The molecule has 0 aliphatic carbocycles. The van der Waals surface area contributed by atoms with Gasteiger partial charge in [-0.05, 0) is 53.6 Å². The number of hydrogen-bond donors (Lipinski definition) is 1. The summed E-state index contributed by atoms with van der Waals surface area (Å²) in [6, 6.07) is 20.9. The fourth-order valence-electron chi connectivity index (χ4n) is 3.96. The summed E-state index contributed by atoms with van der Waals surface area (Å²) >= 11 is 0. The molecule has 0 radical (unpaired) electrons.